The Labute approximate surface area is 131 Å². The van der Waals surface area contributed by atoms with Gasteiger partial charge in [0.05, 0.1) is 5.39 Å². The molecule has 1 N–H and O–H groups in total. The molecule has 112 valence electrons. The van der Waals surface area contributed by atoms with Crippen LogP contribution in [0.25, 0.3) is 21.3 Å². The SMILES string of the molecule is Cc1ccc(-c2csc3ncnc(NCCC(=O)[O-])c23)cc1. The monoisotopic (exact) mass is 312 g/mol. The standard InChI is InChI=1S/C16H15N3O2S/c1-10-2-4-11(5-3-10)12-8-22-16-14(12)15(18-9-19-16)17-7-6-13(20)21/h2-5,8-9H,6-7H2,1H3,(H,20,21)(H,17,18,19)/p-1. The molecule has 2 heterocycles. The third-order valence-corrected chi connectivity index (χ3v) is 4.24. The molecule has 0 aliphatic carbocycles. The summed E-state index contributed by atoms with van der Waals surface area (Å²) in [6, 6.07) is 8.25. The van der Waals surface area contributed by atoms with Crippen LogP contribution in [0.4, 0.5) is 5.82 Å². The Morgan fingerprint density at radius 3 is 2.77 bits per heavy atom. The van der Waals surface area contributed by atoms with Crippen molar-refractivity contribution in [3.63, 3.8) is 0 Å². The van der Waals surface area contributed by atoms with Crippen molar-refractivity contribution in [3.8, 4) is 11.1 Å². The van der Waals surface area contributed by atoms with Crippen molar-refractivity contribution < 1.29 is 9.90 Å². The number of carbonyl (C=O) groups is 1. The maximum Gasteiger partial charge on any atom is 0.138 e. The zero-order valence-electron chi connectivity index (χ0n) is 12.0. The average molecular weight is 312 g/mol. The number of anilines is 1. The summed E-state index contributed by atoms with van der Waals surface area (Å²) in [6.45, 7) is 2.32. The molecule has 0 aliphatic heterocycles. The van der Waals surface area contributed by atoms with Gasteiger partial charge in [-0.05, 0) is 12.5 Å². The highest BCUT2D eigenvalue weighted by atomic mass is 32.1. The highest BCUT2D eigenvalue weighted by Crippen LogP contribution is 2.36. The van der Waals surface area contributed by atoms with E-state index in [0.29, 0.717) is 5.82 Å². The highest BCUT2D eigenvalue weighted by molar-refractivity contribution is 7.17. The zero-order valence-corrected chi connectivity index (χ0v) is 12.8. The molecule has 0 spiro atoms. The van der Waals surface area contributed by atoms with Gasteiger partial charge in [0.25, 0.3) is 0 Å². The van der Waals surface area contributed by atoms with E-state index in [1.807, 2.05) is 12.3 Å². The number of hydrogen-bond donors (Lipinski definition) is 1. The van der Waals surface area contributed by atoms with Crippen LogP contribution in [0.15, 0.2) is 36.0 Å². The van der Waals surface area contributed by atoms with Gasteiger partial charge in [-0.2, -0.15) is 0 Å². The molecule has 22 heavy (non-hydrogen) atoms. The number of benzene rings is 1. The lowest BCUT2D eigenvalue weighted by Crippen LogP contribution is -2.24. The number of carbonyl (C=O) groups excluding carboxylic acids is 1. The molecule has 0 atom stereocenters. The van der Waals surface area contributed by atoms with Gasteiger partial charge in [-0.25, -0.2) is 9.97 Å². The van der Waals surface area contributed by atoms with Crippen LogP contribution in [-0.2, 0) is 4.79 Å². The van der Waals surface area contributed by atoms with Crippen LogP contribution in [-0.4, -0.2) is 22.5 Å². The number of rotatable bonds is 5. The summed E-state index contributed by atoms with van der Waals surface area (Å²) >= 11 is 1.55. The number of hydrogen-bond acceptors (Lipinski definition) is 6. The van der Waals surface area contributed by atoms with Crippen molar-refractivity contribution in [2.45, 2.75) is 13.3 Å². The quantitative estimate of drug-likeness (QED) is 0.781. The summed E-state index contributed by atoms with van der Waals surface area (Å²) in [5, 5.41) is 16.6. The predicted molar refractivity (Wildman–Crippen MR) is 85.7 cm³/mol. The summed E-state index contributed by atoms with van der Waals surface area (Å²) in [5.74, 6) is -0.426. The van der Waals surface area contributed by atoms with Crippen LogP contribution in [0.1, 0.15) is 12.0 Å². The molecule has 5 nitrogen and oxygen atoms in total. The summed E-state index contributed by atoms with van der Waals surface area (Å²) in [6.07, 6.45) is 1.43. The molecular weight excluding hydrogens is 298 g/mol. The summed E-state index contributed by atoms with van der Waals surface area (Å²) in [7, 11) is 0. The van der Waals surface area contributed by atoms with Crippen molar-refractivity contribution in [1.82, 2.24) is 9.97 Å². The van der Waals surface area contributed by atoms with Crippen LogP contribution in [0.2, 0.25) is 0 Å². The van der Waals surface area contributed by atoms with E-state index in [-0.39, 0.29) is 13.0 Å². The van der Waals surface area contributed by atoms with E-state index < -0.39 is 5.97 Å². The molecule has 0 unspecified atom stereocenters. The maximum atomic E-state index is 10.5. The van der Waals surface area contributed by atoms with E-state index in [1.165, 1.54) is 11.9 Å². The number of nitrogens with zero attached hydrogens (tertiary/aromatic N) is 2. The predicted octanol–water partition coefficient (Wildman–Crippen LogP) is 2.22. The fourth-order valence-corrected chi connectivity index (χ4v) is 3.15. The third-order valence-electron chi connectivity index (χ3n) is 3.35. The van der Waals surface area contributed by atoms with Gasteiger partial charge >= 0.3 is 0 Å². The van der Waals surface area contributed by atoms with Gasteiger partial charge in [-0.15, -0.1) is 11.3 Å². The number of nitrogens with one attached hydrogen (secondary N) is 1. The van der Waals surface area contributed by atoms with E-state index in [2.05, 4.69) is 39.6 Å². The lowest BCUT2D eigenvalue weighted by Gasteiger charge is -2.09. The minimum atomic E-state index is -1.08. The minimum Gasteiger partial charge on any atom is -0.550 e. The van der Waals surface area contributed by atoms with E-state index in [0.717, 1.165) is 21.3 Å². The molecule has 6 heteroatoms. The second-order valence-corrected chi connectivity index (χ2v) is 5.82. The molecule has 2 aromatic heterocycles. The van der Waals surface area contributed by atoms with Gasteiger partial charge < -0.3 is 15.2 Å². The van der Waals surface area contributed by atoms with Gasteiger partial charge in [-0.3, -0.25) is 0 Å². The Morgan fingerprint density at radius 1 is 1.27 bits per heavy atom. The van der Waals surface area contributed by atoms with Crippen LogP contribution in [0.5, 0.6) is 0 Å². The summed E-state index contributed by atoms with van der Waals surface area (Å²) in [4.78, 5) is 20.0. The first-order valence-corrected chi connectivity index (χ1v) is 7.76. The first-order chi connectivity index (χ1) is 10.6. The summed E-state index contributed by atoms with van der Waals surface area (Å²) in [5.41, 5.74) is 3.35. The molecular formula is C16H14N3O2S-. The maximum absolute atomic E-state index is 10.5. The fraction of sp³-hybridized carbons (Fsp3) is 0.188. The Morgan fingerprint density at radius 2 is 2.05 bits per heavy atom. The molecule has 3 rings (SSSR count). The normalized spacial score (nSPS) is 10.8. The van der Waals surface area contributed by atoms with Gasteiger partial charge in [0.1, 0.15) is 17.0 Å². The van der Waals surface area contributed by atoms with E-state index in [9.17, 15) is 9.90 Å². The number of carboxylic acids is 1. The first-order valence-electron chi connectivity index (χ1n) is 6.88. The van der Waals surface area contributed by atoms with Crippen molar-refractivity contribution in [2.24, 2.45) is 0 Å². The number of fused-ring (bicyclic) bond motifs is 1. The fourth-order valence-electron chi connectivity index (χ4n) is 2.24. The molecule has 0 amide bonds. The summed E-state index contributed by atoms with van der Waals surface area (Å²) < 4.78 is 0. The average Bonchev–Trinajstić information content (AvgIpc) is 2.93. The van der Waals surface area contributed by atoms with Crippen molar-refractivity contribution in [3.05, 3.63) is 41.5 Å². The number of carboxylic acid groups (broad SMARTS) is 1. The largest absolute Gasteiger partial charge is 0.550 e. The van der Waals surface area contributed by atoms with E-state index in [1.54, 1.807) is 11.3 Å². The number of aromatic nitrogens is 2. The van der Waals surface area contributed by atoms with Crippen molar-refractivity contribution in [2.75, 3.05) is 11.9 Å². The Bertz CT molecular complexity index is 812. The van der Waals surface area contributed by atoms with Crippen LogP contribution in [0.3, 0.4) is 0 Å². The first kappa shape index (κ1) is 14.5. The third kappa shape index (κ3) is 2.92. The zero-order chi connectivity index (χ0) is 15.5. The second kappa shape index (κ2) is 6.11. The second-order valence-electron chi connectivity index (χ2n) is 4.97. The molecule has 0 bridgehead atoms. The Hall–Kier alpha value is -2.47. The Balaban J connectivity index is 2.00. The van der Waals surface area contributed by atoms with Gasteiger partial charge in [0, 0.05) is 29.9 Å². The van der Waals surface area contributed by atoms with Gasteiger partial charge in [-0.1, -0.05) is 29.8 Å². The van der Waals surface area contributed by atoms with Crippen LogP contribution >= 0.6 is 11.3 Å². The van der Waals surface area contributed by atoms with Crippen LogP contribution < -0.4 is 10.4 Å². The van der Waals surface area contributed by atoms with Gasteiger partial charge in [0.15, 0.2) is 0 Å². The molecule has 0 fully saturated rings. The van der Waals surface area contributed by atoms with E-state index >= 15 is 0 Å². The molecule has 1 aromatic carbocycles. The smallest absolute Gasteiger partial charge is 0.138 e. The number of aliphatic carboxylic acids is 1. The molecule has 0 saturated carbocycles. The molecule has 0 saturated heterocycles. The van der Waals surface area contributed by atoms with E-state index in [4.69, 9.17) is 0 Å². The van der Waals surface area contributed by atoms with Crippen molar-refractivity contribution >= 4 is 33.3 Å². The van der Waals surface area contributed by atoms with Gasteiger partial charge in [0.2, 0.25) is 0 Å². The lowest BCUT2D eigenvalue weighted by molar-refractivity contribution is -0.305. The lowest BCUT2D eigenvalue weighted by atomic mass is 10.0. The topological polar surface area (TPSA) is 77.9 Å². The minimum absolute atomic E-state index is 0.0600. The number of thiophene rings is 1. The number of aryl methyl sites for hydroxylation is 1. The molecule has 0 radical (unpaired) electrons. The molecule has 0 aliphatic rings. The molecule has 3 aromatic rings. The van der Waals surface area contributed by atoms with Crippen LogP contribution in [0, 0.1) is 6.92 Å². The Kier molecular flexibility index (Phi) is 4.02. The van der Waals surface area contributed by atoms with Crippen molar-refractivity contribution in [1.29, 1.82) is 0 Å². The highest BCUT2D eigenvalue weighted by Gasteiger charge is 2.12.